The van der Waals surface area contributed by atoms with Gasteiger partial charge in [0.1, 0.15) is 5.56 Å². The number of ether oxygens (including phenoxy) is 1. The van der Waals surface area contributed by atoms with Gasteiger partial charge in [0.2, 0.25) is 12.6 Å². The number of hydrogen-bond acceptors (Lipinski definition) is 7. The highest BCUT2D eigenvalue weighted by Gasteiger charge is 2.21. The molecule has 0 radical (unpaired) electrons. The average Bonchev–Trinajstić information content (AvgIpc) is 3.15. The normalized spacial score (nSPS) is 14.4. The Morgan fingerprint density at radius 2 is 2.13 bits per heavy atom. The summed E-state index contributed by atoms with van der Waals surface area (Å²) in [5, 5.41) is 4.09. The van der Waals surface area contributed by atoms with E-state index < -0.39 is 14.6 Å². The highest BCUT2D eigenvalue weighted by atomic mass is 31.2. The first-order valence-electron chi connectivity index (χ1n) is 9.89. The fourth-order valence-corrected chi connectivity index (χ4v) is 3.49. The van der Waals surface area contributed by atoms with Crippen LogP contribution in [0.1, 0.15) is 30.5 Å². The van der Waals surface area contributed by atoms with Gasteiger partial charge < -0.3 is 19.0 Å². The second kappa shape index (κ2) is 9.15. The molecule has 3 aromatic rings. The summed E-state index contributed by atoms with van der Waals surface area (Å²) in [5.41, 5.74) is 8.30. The van der Waals surface area contributed by atoms with E-state index in [0.717, 1.165) is 12.2 Å². The maximum atomic E-state index is 10.9. The van der Waals surface area contributed by atoms with Crippen LogP contribution in [0.5, 0.6) is 5.88 Å². The molecule has 31 heavy (non-hydrogen) atoms. The summed E-state index contributed by atoms with van der Waals surface area (Å²) in [7, 11) is -4.61. The van der Waals surface area contributed by atoms with Gasteiger partial charge in [0.05, 0.1) is 18.5 Å². The maximum absolute atomic E-state index is 10.9. The minimum atomic E-state index is -4.61. The molecule has 11 heteroatoms. The minimum absolute atomic E-state index is 0.230. The Kier molecular flexibility index (Phi) is 6.33. The third kappa shape index (κ3) is 5.68. The molecule has 0 aliphatic heterocycles. The van der Waals surface area contributed by atoms with E-state index in [2.05, 4.69) is 14.7 Å². The number of nitrogen functional groups attached to an aromatic ring is 1. The van der Waals surface area contributed by atoms with Crippen molar-refractivity contribution in [3.05, 3.63) is 54.0 Å². The summed E-state index contributed by atoms with van der Waals surface area (Å²) in [4.78, 5) is 22.1. The van der Waals surface area contributed by atoms with Crippen molar-refractivity contribution in [1.29, 1.82) is 0 Å². The van der Waals surface area contributed by atoms with Gasteiger partial charge in [-0.05, 0) is 36.5 Å². The van der Waals surface area contributed by atoms with Crippen molar-refractivity contribution in [2.75, 3.05) is 12.3 Å². The van der Waals surface area contributed by atoms with Gasteiger partial charge in [-0.3, -0.25) is 5.73 Å². The lowest BCUT2D eigenvalue weighted by atomic mass is 9.86. The van der Waals surface area contributed by atoms with Crippen molar-refractivity contribution in [3.8, 4) is 17.2 Å². The van der Waals surface area contributed by atoms with Crippen LogP contribution in [0.2, 0.25) is 0 Å². The zero-order chi connectivity index (χ0) is 21.8. The number of nitrogens with two attached hydrogens (primary N) is 1. The first-order chi connectivity index (χ1) is 14.9. The van der Waals surface area contributed by atoms with Crippen molar-refractivity contribution < 1.29 is 32.7 Å². The molecular weight excluding hydrogens is 423 g/mol. The monoisotopic (exact) mass is 447 g/mol. The highest BCUT2D eigenvalue weighted by Crippen LogP contribution is 2.35. The van der Waals surface area contributed by atoms with Crippen LogP contribution in [0, 0.1) is 5.92 Å². The van der Waals surface area contributed by atoms with Gasteiger partial charge in [-0.2, -0.15) is 0 Å². The molecule has 0 spiro atoms. The smallest absolute Gasteiger partial charge is 0.472 e. The van der Waals surface area contributed by atoms with Crippen LogP contribution in [-0.2, 0) is 22.2 Å². The number of hydrogen-bond donors (Lipinski definition) is 3. The summed E-state index contributed by atoms with van der Waals surface area (Å²) in [5.74, 6) is 1.94. The van der Waals surface area contributed by atoms with Gasteiger partial charge in [0.25, 0.3) is 5.82 Å². The van der Waals surface area contributed by atoms with Crippen LogP contribution in [0.15, 0.2) is 47.2 Å². The Hall–Kier alpha value is -2.78. The zero-order valence-electron chi connectivity index (χ0n) is 16.8. The Morgan fingerprint density at radius 1 is 1.29 bits per heavy atom. The largest absolute Gasteiger partial charge is 0.477 e. The summed E-state index contributed by atoms with van der Waals surface area (Å²) in [6, 6.07) is 8.96. The fourth-order valence-electron chi connectivity index (χ4n) is 3.22. The van der Waals surface area contributed by atoms with Gasteiger partial charge in [0, 0.05) is 24.8 Å². The fraction of sp³-hybridized carbons (Fsp3) is 0.350. The molecule has 3 heterocycles. The number of phosphoric acid groups is 1. The SMILES string of the molecule is Nc1c(-c2cc(Cc3ccc(OCC4CCC4)nc3)no2)ccc[n+]1COP(=O)(O)O. The molecule has 10 nitrogen and oxygen atoms in total. The van der Waals surface area contributed by atoms with Crippen molar-refractivity contribution in [2.45, 2.75) is 32.4 Å². The number of rotatable bonds is 9. The molecule has 164 valence electrons. The third-order valence-corrected chi connectivity index (χ3v) is 5.63. The molecule has 3 aromatic heterocycles. The Balaban J connectivity index is 1.40. The Bertz CT molecular complexity index is 1080. The van der Waals surface area contributed by atoms with Crippen LogP contribution in [0.4, 0.5) is 5.82 Å². The van der Waals surface area contributed by atoms with E-state index >= 15 is 0 Å². The lowest BCUT2D eigenvalue weighted by Gasteiger charge is -2.24. The van der Waals surface area contributed by atoms with Crippen molar-refractivity contribution in [2.24, 2.45) is 5.92 Å². The van der Waals surface area contributed by atoms with Gasteiger partial charge in [0.15, 0.2) is 5.76 Å². The molecule has 0 amide bonds. The van der Waals surface area contributed by atoms with E-state index in [9.17, 15) is 4.57 Å². The quantitative estimate of drug-likeness (QED) is 0.333. The van der Waals surface area contributed by atoms with E-state index in [0.29, 0.717) is 35.2 Å². The van der Waals surface area contributed by atoms with E-state index in [1.807, 2.05) is 12.1 Å². The predicted molar refractivity (Wildman–Crippen MR) is 110 cm³/mol. The molecule has 4 N–H and O–H groups in total. The summed E-state index contributed by atoms with van der Waals surface area (Å²) in [6.07, 6.45) is 7.58. The Morgan fingerprint density at radius 3 is 2.81 bits per heavy atom. The van der Waals surface area contributed by atoms with Crippen LogP contribution in [0.25, 0.3) is 11.3 Å². The van der Waals surface area contributed by atoms with E-state index in [1.54, 1.807) is 30.6 Å². The van der Waals surface area contributed by atoms with Crippen LogP contribution < -0.4 is 15.0 Å². The second-order valence-corrected chi connectivity index (χ2v) is 8.74. The predicted octanol–water partition coefficient (Wildman–Crippen LogP) is 2.44. The van der Waals surface area contributed by atoms with Gasteiger partial charge >= 0.3 is 7.82 Å². The topological polar surface area (TPSA) is 145 Å². The molecular formula is C20H24N4O6P+. The molecule has 1 saturated carbocycles. The van der Waals surface area contributed by atoms with Crippen molar-refractivity contribution in [3.63, 3.8) is 0 Å². The number of aromatic nitrogens is 3. The van der Waals surface area contributed by atoms with E-state index in [-0.39, 0.29) is 5.82 Å². The first-order valence-corrected chi connectivity index (χ1v) is 11.4. The lowest BCUT2D eigenvalue weighted by molar-refractivity contribution is -0.711. The standard InChI is InChI=1S/C20H23N4O6P/c21-20-17(5-2-8-24(20)13-29-31(25,26)27)18-10-16(23-30-18)9-15-6-7-19(22-11-15)28-12-14-3-1-4-14/h2,5-8,10-11,14,21H,1,3-4,9,12-13H2,(H2,25,26,27)/p+1. The molecule has 4 rings (SSSR count). The average molecular weight is 447 g/mol. The maximum Gasteiger partial charge on any atom is 0.472 e. The molecule has 0 unspecified atom stereocenters. The Labute approximate surface area is 178 Å². The molecule has 0 atom stereocenters. The summed E-state index contributed by atoms with van der Waals surface area (Å²) >= 11 is 0. The van der Waals surface area contributed by atoms with Gasteiger partial charge in [-0.1, -0.05) is 17.6 Å². The number of pyridine rings is 2. The molecule has 0 saturated heterocycles. The van der Waals surface area contributed by atoms with Crippen molar-refractivity contribution >= 4 is 13.6 Å². The second-order valence-electron chi connectivity index (χ2n) is 7.50. The minimum Gasteiger partial charge on any atom is -0.477 e. The lowest BCUT2D eigenvalue weighted by Crippen LogP contribution is -2.38. The van der Waals surface area contributed by atoms with Crippen LogP contribution in [0.3, 0.4) is 0 Å². The molecule has 0 aromatic carbocycles. The van der Waals surface area contributed by atoms with Crippen LogP contribution >= 0.6 is 7.82 Å². The zero-order valence-corrected chi connectivity index (χ0v) is 17.6. The third-order valence-electron chi connectivity index (χ3n) is 5.18. The molecule has 1 aliphatic carbocycles. The molecule has 1 fully saturated rings. The van der Waals surface area contributed by atoms with Crippen molar-refractivity contribution in [1.82, 2.24) is 10.1 Å². The van der Waals surface area contributed by atoms with E-state index in [1.165, 1.54) is 23.8 Å². The number of phosphoric ester groups is 1. The van der Waals surface area contributed by atoms with Crippen LogP contribution in [-0.4, -0.2) is 26.5 Å². The van der Waals surface area contributed by atoms with Gasteiger partial charge in [-0.25, -0.2) is 18.6 Å². The molecule has 0 bridgehead atoms. The summed E-state index contributed by atoms with van der Waals surface area (Å²) < 4.78 is 27.9. The highest BCUT2D eigenvalue weighted by molar-refractivity contribution is 7.46. The first kappa shape index (κ1) is 21.5. The number of nitrogens with zero attached hydrogens (tertiary/aromatic N) is 3. The van der Waals surface area contributed by atoms with E-state index in [4.69, 9.17) is 24.8 Å². The van der Waals surface area contributed by atoms with Gasteiger partial charge in [-0.15, -0.1) is 0 Å². The summed E-state index contributed by atoms with van der Waals surface area (Å²) in [6.45, 7) is 0.322. The number of anilines is 1. The molecule has 1 aliphatic rings.